The smallest absolute Gasteiger partial charge is 0.273 e. The van der Waals surface area contributed by atoms with Gasteiger partial charge in [0, 0.05) is 16.1 Å². The van der Waals surface area contributed by atoms with Gasteiger partial charge in [0.05, 0.1) is 18.5 Å². The molecule has 0 saturated carbocycles. The highest BCUT2D eigenvalue weighted by Gasteiger charge is 2.18. The maximum absolute atomic E-state index is 14.3. The minimum atomic E-state index is -0.676. The molecule has 0 amide bonds. The molecule has 0 aliphatic heterocycles. The first kappa shape index (κ1) is 17.8. The van der Waals surface area contributed by atoms with Crippen molar-refractivity contribution in [3.8, 4) is 11.4 Å². The summed E-state index contributed by atoms with van der Waals surface area (Å²) in [7, 11) is 1.37. The number of nitrogens with two attached hydrogens (primary N) is 1. The highest BCUT2D eigenvalue weighted by Crippen LogP contribution is 2.24. The van der Waals surface area contributed by atoms with E-state index in [1.165, 1.54) is 25.3 Å². The Morgan fingerprint density at radius 2 is 1.96 bits per heavy atom. The molecule has 3 N–H and O–H groups in total. The molecular formula is C18H14BrFN4O2. The average Bonchev–Trinajstić information content (AvgIpc) is 2.62. The number of nitrogen functional groups attached to an aromatic ring is 1. The molecule has 0 saturated heterocycles. The van der Waals surface area contributed by atoms with Crippen LogP contribution in [0.15, 0.2) is 57.8 Å². The van der Waals surface area contributed by atoms with E-state index < -0.39 is 11.4 Å². The fourth-order valence-corrected chi connectivity index (χ4v) is 2.71. The van der Waals surface area contributed by atoms with E-state index in [9.17, 15) is 9.18 Å². The Kier molecular flexibility index (Phi) is 4.85. The Balaban J connectivity index is 2.19. The number of nitrogens with one attached hydrogen (secondary N) is 1. The molecule has 0 spiro atoms. The molecule has 2 aromatic carbocycles. The van der Waals surface area contributed by atoms with Gasteiger partial charge < -0.3 is 10.5 Å². The van der Waals surface area contributed by atoms with E-state index in [-0.39, 0.29) is 28.5 Å². The lowest BCUT2D eigenvalue weighted by atomic mass is 10.1. The summed E-state index contributed by atoms with van der Waals surface area (Å²) in [5, 5.41) is 12.5. The number of para-hydroxylation sites is 1. The lowest BCUT2D eigenvalue weighted by Crippen LogP contribution is -2.26. The first-order chi connectivity index (χ1) is 12.4. The van der Waals surface area contributed by atoms with Crippen LogP contribution in [0.2, 0.25) is 0 Å². The van der Waals surface area contributed by atoms with Gasteiger partial charge in [0.1, 0.15) is 17.1 Å². The summed E-state index contributed by atoms with van der Waals surface area (Å²) in [4.78, 5) is 12.3. The minimum Gasteiger partial charge on any atom is -0.494 e. The lowest BCUT2D eigenvalue weighted by Gasteiger charge is -2.13. The fraction of sp³-hybridized carbons (Fsp3) is 0.0556. The largest absolute Gasteiger partial charge is 0.494 e. The van der Waals surface area contributed by atoms with Gasteiger partial charge in [-0.2, -0.15) is 9.78 Å². The molecule has 132 valence electrons. The van der Waals surface area contributed by atoms with Gasteiger partial charge >= 0.3 is 0 Å². The van der Waals surface area contributed by atoms with Crippen LogP contribution in [0.4, 0.5) is 10.1 Å². The predicted molar refractivity (Wildman–Crippen MR) is 101 cm³/mol. The number of rotatable bonds is 4. The average molecular weight is 417 g/mol. The monoisotopic (exact) mass is 416 g/mol. The number of hydrogen-bond donors (Lipinski definition) is 2. The van der Waals surface area contributed by atoms with Crippen molar-refractivity contribution in [3.63, 3.8) is 0 Å². The summed E-state index contributed by atoms with van der Waals surface area (Å²) < 4.78 is 21.2. The van der Waals surface area contributed by atoms with Crippen LogP contribution < -0.4 is 16.0 Å². The van der Waals surface area contributed by atoms with Crippen molar-refractivity contribution in [3.05, 3.63) is 80.4 Å². The van der Waals surface area contributed by atoms with Crippen LogP contribution in [-0.2, 0) is 0 Å². The number of ether oxygens (including phenoxy) is 1. The summed E-state index contributed by atoms with van der Waals surface area (Å²) in [6.07, 6.45) is 0. The summed E-state index contributed by atoms with van der Waals surface area (Å²) in [5.41, 5.74) is 5.80. The Morgan fingerprint density at radius 3 is 2.62 bits per heavy atom. The first-order valence-electron chi connectivity index (χ1n) is 7.50. The zero-order valence-electron chi connectivity index (χ0n) is 13.7. The molecule has 0 fully saturated rings. The Morgan fingerprint density at radius 1 is 1.27 bits per heavy atom. The molecule has 3 rings (SSSR count). The van der Waals surface area contributed by atoms with Crippen molar-refractivity contribution >= 4 is 27.3 Å². The van der Waals surface area contributed by atoms with E-state index >= 15 is 0 Å². The third-order valence-electron chi connectivity index (χ3n) is 3.71. The summed E-state index contributed by atoms with van der Waals surface area (Å²) >= 11 is 3.33. The van der Waals surface area contributed by atoms with Gasteiger partial charge in [0.25, 0.3) is 5.56 Å². The van der Waals surface area contributed by atoms with Crippen LogP contribution >= 0.6 is 15.9 Å². The molecule has 8 heteroatoms. The molecule has 1 heterocycles. The number of halogens is 2. The number of nitrogens with zero attached hydrogens (tertiary/aromatic N) is 2. The molecule has 0 aliphatic carbocycles. The van der Waals surface area contributed by atoms with Crippen LogP contribution in [-0.4, -0.2) is 22.6 Å². The van der Waals surface area contributed by atoms with Gasteiger partial charge in [-0.15, -0.1) is 0 Å². The maximum atomic E-state index is 14.3. The Bertz CT molecular complexity index is 1050. The quantitative estimate of drug-likeness (QED) is 0.638. The summed E-state index contributed by atoms with van der Waals surface area (Å²) in [6, 6.07) is 12.3. The third-order valence-corrected chi connectivity index (χ3v) is 4.24. The molecule has 0 bridgehead atoms. The van der Waals surface area contributed by atoms with Gasteiger partial charge in [0.15, 0.2) is 5.82 Å². The lowest BCUT2D eigenvalue weighted by molar-refractivity contribution is 0.406. The molecule has 0 radical (unpaired) electrons. The van der Waals surface area contributed by atoms with Crippen LogP contribution in [0, 0.1) is 11.2 Å². The van der Waals surface area contributed by atoms with Gasteiger partial charge in [0.2, 0.25) is 0 Å². The van der Waals surface area contributed by atoms with Crippen molar-refractivity contribution in [1.82, 2.24) is 9.78 Å². The van der Waals surface area contributed by atoms with Crippen molar-refractivity contribution in [1.29, 1.82) is 5.41 Å². The van der Waals surface area contributed by atoms with Crippen LogP contribution in [0.25, 0.3) is 5.69 Å². The molecule has 0 unspecified atom stereocenters. The normalized spacial score (nSPS) is 10.6. The molecule has 0 atom stereocenters. The van der Waals surface area contributed by atoms with E-state index in [1.807, 2.05) is 0 Å². The SMILES string of the molecule is COc1cccc(F)c1-n1nc(C(=N)c2ccc(Br)cc2)c(N)cc1=O. The second-order valence-electron chi connectivity index (χ2n) is 5.37. The van der Waals surface area contributed by atoms with E-state index in [2.05, 4.69) is 21.0 Å². The predicted octanol–water partition coefficient (Wildman–Crippen LogP) is 3.14. The molecule has 6 nitrogen and oxygen atoms in total. The highest BCUT2D eigenvalue weighted by molar-refractivity contribution is 9.10. The van der Waals surface area contributed by atoms with Gasteiger partial charge in [-0.25, -0.2) is 4.39 Å². The zero-order chi connectivity index (χ0) is 18.8. The summed E-state index contributed by atoms with van der Waals surface area (Å²) in [5.74, 6) is -0.532. The van der Waals surface area contributed by atoms with Crippen LogP contribution in [0.5, 0.6) is 5.75 Å². The highest BCUT2D eigenvalue weighted by atomic mass is 79.9. The summed E-state index contributed by atoms with van der Waals surface area (Å²) in [6.45, 7) is 0. The molecule has 0 aliphatic rings. The van der Waals surface area contributed by atoms with Crippen molar-refractivity contribution < 1.29 is 9.13 Å². The number of aromatic nitrogens is 2. The van der Waals surface area contributed by atoms with Gasteiger partial charge in [-0.05, 0) is 24.3 Å². The second-order valence-corrected chi connectivity index (χ2v) is 6.29. The number of methoxy groups -OCH3 is 1. The Hall–Kier alpha value is -3.00. The van der Waals surface area contributed by atoms with Gasteiger partial charge in [-0.1, -0.05) is 34.1 Å². The molecular weight excluding hydrogens is 403 g/mol. The topological polar surface area (TPSA) is 94.0 Å². The van der Waals surface area contributed by atoms with Crippen LogP contribution in [0.1, 0.15) is 11.3 Å². The van der Waals surface area contributed by atoms with Crippen LogP contribution in [0.3, 0.4) is 0 Å². The third kappa shape index (κ3) is 3.23. The van der Waals surface area contributed by atoms with E-state index in [4.69, 9.17) is 15.9 Å². The van der Waals surface area contributed by atoms with Crippen molar-refractivity contribution in [2.75, 3.05) is 12.8 Å². The van der Waals surface area contributed by atoms with Crippen molar-refractivity contribution in [2.45, 2.75) is 0 Å². The minimum absolute atomic E-state index is 0.0130. The number of anilines is 1. The second kappa shape index (κ2) is 7.09. The molecule has 1 aromatic heterocycles. The Labute approximate surface area is 156 Å². The molecule has 3 aromatic rings. The number of hydrogen-bond acceptors (Lipinski definition) is 5. The van der Waals surface area contributed by atoms with E-state index in [0.717, 1.165) is 15.2 Å². The van der Waals surface area contributed by atoms with E-state index in [1.54, 1.807) is 24.3 Å². The first-order valence-corrected chi connectivity index (χ1v) is 8.29. The molecule has 26 heavy (non-hydrogen) atoms. The number of benzene rings is 2. The standard InChI is InChI=1S/C18H14BrFN4O2/c1-26-14-4-2-3-12(20)18(14)24-15(25)9-13(21)17(23-24)16(22)10-5-7-11(19)8-6-10/h2-9,22H,21H2,1H3. The van der Waals surface area contributed by atoms with Gasteiger partial charge in [-0.3, -0.25) is 10.2 Å². The van der Waals surface area contributed by atoms with Crippen molar-refractivity contribution in [2.24, 2.45) is 0 Å². The zero-order valence-corrected chi connectivity index (χ0v) is 15.2. The van der Waals surface area contributed by atoms with E-state index in [0.29, 0.717) is 5.56 Å². The maximum Gasteiger partial charge on any atom is 0.273 e. The fourth-order valence-electron chi connectivity index (χ4n) is 2.44.